The summed E-state index contributed by atoms with van der Waals surface area (Å²) in [5.41, 5.74) is 1.82. The molecule has 2 aromatic heterocycles. The van der Waals surface area contributed by atoms with Gasteiger partial charge >= 0.3 is 0 Å². The van der Waals surface area contributed by atoms with Gasteiger partial charge in [0, 0.05) is 17.0 Å². The summed E-state index contributed by atoms with van der Waals surface area (Å²) >= 11 is 6.15. The van der Waals surface area contributed by atoms with Crippen molar-refractivity contribution in [3.05, 3.63) is 51.8 Å². The second kappa shape index (κ2) is 7.23. The van der Waals surface area contributed by atoms with Crippen LogP contribution in [0.25, 0.3) is 16.9 Å². The maximum Gasteiger partial charge on any atom is 0.286 e. The van der Waals surface area contributed by atoms with E-state index in [0.29, 0.717) is 33.9 Å². The van der Waals surface area contributed by atoms with E-state index >= 15 is 0 Å². The van der Waals surface area contributed by atoms with E-state index in [1.165, 1.54) is 12.8 Å². The first-order valence-corrected chi connectivity index (χ1v) is 11.5. The maximum absolute atomic E-state index is 13.7. The third kappa shape index (κ3) is 3.09. The van der Waals surface area contributed by atoms with Crippen LogP contribution in [-0.2, 0) is 12.0 Å². The molecule has 0 N–H and O–H groups in total. The lowest BCUT2D eigenvalue weighted by molar-refractivity contribution is 0.0703. The number of nitrogens with zero attached hydrogens (tertiary/aromatic N) is 4. The number of halogens is 1. The van der Waals surface area contributed by atoms with E-state index in [-0.39, 0.29) is 11.0 Å². The molecule has 2 saturated carbocycles. The minimum absolute atomic E-state index is 0.0736. The van der Waals surface area contributed by atoms with Crippen LogP contribution in [0.4, 0.5) is 0 Å². The van der Waals surface area contributed by atoms with Gasteiger partial charge in [-0.05, 0) is 81.0 Å². The Hall–Kier alpha value is -2.14. The molecule has 2 atom stereocenters. The van der Waals surface area contributed by atoms with E-state index in [9.17, 15) is 4.79 Å². The third-order valence-corrected chi connectivity index (χ3v) is 7.42. The van der Waals surface area contributed by atoms with Crippen molar-refractivity contribution in [3.8, 4) is 5.69 Å². The zero-order valence-corrected chi connectivity index (χ0v) is 18.7. The fourth-order valence-electron chi connectivity index (χ4n) is 6.39. The van der Waals surface area contributed by atoms with E-state index in [4.69, 9.17) is 16.6 Å². The number of aryl methyl sites for hydroxylation is 1. The Bertz CT molecular complexity index is 1130. The molecule has 2 heterocycles. The topological polar surface area (TPSA) is 52.7 Å². The van der Waals surface area contributed by atoms with Crippen molar-refractivity contribution in [1.29, 1.82) is 0 Å². The average molecular weight is 425 g/mol. The molecule has 30 heavy (non-hydrogen) atoms. The van der Waals surface area contributed by atoms with Crippen molar-refractivity contribution in [2.45, 2.75) is 64.8 Å². The van der Waals surface area contributed by atoms with Gasteiger partial charge in [0.1, 0.15) is 5.82 Å². The van der Waals surface area contributed by atoms with Crippen molar-refractivity contribution < 1.29 is 0 Å². The van der Waals surface area contributed by atoms with Crippen LogP contribution >= 0.6 is 11.6 Å². The molecule has 2 bridgehead atoms. The summed E-state index contributed by atoms with van der Waals surface area (Å²) in [5.74, 6) is 2.90. The molecule has 0 radical (unpaired) electrons. The highest BCUT2D eigenvalue weighted by Crippen LogP contribution is 2.53. The molecule has 0 aliphatic heterocycles. The summed E-state index contributed by atoms with van der Waals surface area (Å²) in [7, 11) is 0. The fourth-order valence-corrected chi connectivity index (χ4v) is 6.52. The van der Waals surface area contributed by atoms with Gasteiger partial charge in [0.2, 0.25) is 0 Å². The zero-order valence-electron chi connectivity index (χ0n) is 17.9. The van der Waals surface area contributed by atoms with E-state index in [0.717, 1.165) is 37.3 Å². The number of hydrogen-bond acceptors (Lipinski definition) is 3. The van der Waals surface area contributed by atoms with Crippen LogP contribution in [0.2, 0.25) is 5.02 Å². The molecule has 3 aromatic rings. The first-order chi connectivity index (χ1) is 14.4. The van der Waals surface area contributed by atoms with Crippen LogP contribution in [0.1, 0.15) is 58.7 Å². The summed E-state index contributed by atoms with van der Waals surface area (Å²) in [6.07, 6.45) is 7.59. The Kier molecular flexibility index (Phi) is 4.77. The number of benzene rings is 1. The number of imidazole rings is 1. The zero-order chi connectivity index (χ0) is 21.0. The van der Waals surface area contributed by atoms with Crippen LogP contribution < -0.4 is 5.56 Å². The van der Waals surface area contributed by atoms with Crippen LogP contribution in [0, 0.1) is 17.8 Å². The second-order valence-electron chi connectivity index (χ2n) is 9.70. The summed E-state index contributed by atoms with van der Waals surface area (Å²) < 4.78 is 3.82. The minimum Gasteiger partial charge on any atom is -0.315 e. The average Bonchev–Trinajstić information content (AvgIpc) is 3.11. The molecule has 5 rings (SSSR count). The molecule has 2 aliphatic rings. The number of fused-ring (bicyclic) bond motifs is 3. The lowest BCUT2D eigenvalue weighted by atomic mass is 9.56. The monoisotopic (exact) mass is 424 g/mol. The number of aromatic nitrogens is 4. The molecule has 158 valence electrons. The van der Waals surface area contributed by atoms with Gasteiger partial charge in [-0.25, -0.2) is 9.97 Å². The Balaban J connectivity index is 1.82. The molecule has 5 nitrogen and oxygen atoms in total. The van der Waals surface area contributed by atoms with Gasteiger partial charge in [-0.15, -0.1) is 0 Å². The van der Waals surface area contributed by atoms with Crippen molar-refractivity contribution in [1.82, 2.24) is 19.1 Å². The molecular weight excluding hydrogens is 396 g/mol. The lowest BCUT2D eigenvalue weighted by Crippen LogP contribution is -2.46. The SMILES string of the molecule is CCn1cnc2c(=O)n(-c3ccc(Cl)cc3)c(C34CC(C)CC(CC(C)C3)C4)nc21. The summed E-state index contributed by atoms with van der Waals surface area (Å²) in [6, 6.07) is 7.53. The van der Waals surface area contributed by atoms with E-state index in [2.05, 4.69) is 25.8 Å². The van der Waals surface area contributed by atoms with Gasteiger partial charge in [-0.1, -0.05) is 25.4 Å². The van der Waals surface area contributed by atoms with Crippen molar-refractivity contribution in [2.75, 3.05) is 0 Å². The van der Waals surface area contributed by atoms with Crippen molar-refractivity contribution in [3.63, 3.8) is 0 Å². The van der Waals surface area contributed by atoms with Gasteiger partial charge in [0.05, 0.1) is 12.0 Å². The van der Waals surface area contributed by atoms with Crippen LogP contribution in [0.15, 0.2) is 35.4 Å². The standard InChI is InChI=1S/C24H29ClN4O/c1-4-28-14-26-20-21(28)27-23(29(22(20)30)19-7-5-18(25)6-8-19)24-11-15(2)9-17(13-24)10-16(3)12-24/h5-8,14-17H,4,9-13H2,1-3H3. The Morgan fingerprint density at radius 3 is 2.40 bits per heavy atom. The molecule has 0 saturated heterocycles. The number of hydrogen-bond donors (Lipinski definition) is 0. The molecule has 6 heteroatoms. The molecular formula is C24H29ClN4O. The lowest BCUT2D eigenvalue weighted by Gasteiger charge is -2.50. The van der Waals surface area contributed by atoms with E-state index in [1.54, 1.807) is 6.33 Å². The van der Waals surface area contributed by atoms with Crippen LogP contribution in [-0.4, -0.2) is 19.1 Å². The predicted octanol–water partition coefficient (Wildman–Crippen LogP) is 5.36. The van der Waals surface area contributed by atoms with E-state index < -0.39 is 0 Å². The van der Waals surface area contributed by atoms with Crippen molar-refractivity contribution in [2.24, 2.45) is 17.8 Å². The fraction of sp³-hybridized carbons (Fsp3) is 0.542. The summed E-state index contributed by atoms with van der Waals surface area (Å²) in [5, 5.41) is 0.661. The van der Waals surface area contributed by atoms with Crippen LogP contribution in [0.5, 0.6) is 0 Å². The largest absolute Gasteiger partial charge is 0.315 e. The molecule has 0 amide bonds. The predicted molar refractivity (Wildman–Crippen MR) is 120 cm³/mol. The van der Waals surface area contributed by atoms with E-state index in [1.807, 2.05) is 33.4 Å². The summed E-state index contributed by atoms with van der Waals surface area (Å²) in [4.78, 5) is 23.4. The van der Waals surface area contributed by atoms with Crippen LogP contribution in [0.3, 0.4) is 0 Å². The number of rotatable bonds is 3. The van der Waals surface area contributed by atoms with Gasteiger partial charge in [0.15, 0.2) is 11.2 Å². The van der Waals surface area contributed by atoms with Crippen molar-refractivity contribution >= 4 is 22.8 Å². The highest BCUT2D eigenvalue weighted by Gasteiger charge is 2.48. The Morgan fingerprint density at radius 1 is 1.10 bits per heavy atom. The first-order valence-electron chi connectivity index (χ1n) is 11.1. The highest BCUT2D eigenvalue weighted by molar-refractivity contribution is 6.30. The van der Waals surface area contributed by atoms with Gasteiger partial charge in [-0.3, -0.25) is 9.36 Å². The summed E-state index contributed by atoms with van der Waals surface area (Å²) in [6.45, 7) is 7.52. The quantitative estimate of drug-likeness (QED) is 0.568. The molecule has 2 aliphatic carbocycles. The Labute approximate surface area is 182 Å². The Morgan fingerprint density at radius 2 is 1.77 bits per heavy atom. The highest BCUT2D eigenvalue weighted by atomic mass is 35.5. The van der Waals surface area contributed by atoms with Gasteiger partial charge in [-0.2, -0.15) is 0 Å². The smallest absolute Gasteiger partial charge is 0.286 e. The third-order valence-electron chi connectivity index (χ3n) is 7.17. The molecule has 2 unspecified atom stereocenters. The second-order valence-corrected chi connectivity index (χ2v) is 10.1. The normalized spacial score (nSPS) is 28.7. The minimum atomic E-state index is -0.0769. The van der Waals surface area contributed by atoms with Gasteiger partial charge < -0.3 is 4.57 Å². The van der Waals surface area contributed by atoms with Gasteiger partial charge in [0.25, 0.3) is 5.56 Å². The first kappa shape index (κ1) is 19.8. The maximum atomic E-state index is 13.7. The molecule has 2 fully saturated rings. The molecule has 1 aromatic carbocycles. The molecule has 0 spiro atoms.